The Morgan fingerprint density at radius 1 is 0.950 bits per heavy atom. The highest BCUT2D eigenvalue weighted by Gasteiger charge is 2.13. The van der Waals surface area contributed by atoms with E-state index in [1.807, 2.05) is 0 Å². The van der Waals surface area contributed by atoms with Crippen molar-refractivity contribution in [2.24, 2.45) is 0 Å². The van der Waals surface area contributed by atoms with Crippen LogP contribution in [0.1, 0.15) is 11.1 Å². The number of aliphatic hydroxyl groups is 1. The molecule has 1 atom stereocenters. The van der Waals surface area contributed by atoms with Crippen LogP contribution >= 0.6 is 23.2 Å². The standard InChI is InChI=1S/C15H12Cl2F2O/c16-12-2-1-3-13(17)11(12)8-10(20)6-9-4-5-14(18)15(19)7-9/h1-5,7,10,20H,6,8H2. The first kappa shape index (κ1) is 15.2. The summed E-state index contributed by atoms with van der Waals surface area (Å²) in [5, 5.41) is 11.0. The fourth-order valence-electron chi connectivity index (χ4n) is 1.97. The summed E-state index contributed by atoms with van der Waals surface area (Å²) in [5.41, 5.74) is 1.16. The molecule has 2 rings (SSSR count). The zero-order valence-corrected chi connectivity index (χ0v) is 11.9. The van der Waals surface area contributed by atoms with Gasteiger partial charge in [0.2, 0.25) is 0 Å². The first-order valence-electron chi connectivity index (χ1n) is 6.02. The van der Waals surface area contributed by atoms with Gasteiger partial charge in [-0.3, -0.25) is 0 Å². The summed E-state index contributed by atoms with van der Waals surface area (Å²) in [6.07, 6.45) is -0.340. The average Bonchev–Trinajstić information content (AvgIpc) is 2.38. The van der Waals surface area contributed by atoms with E-state index in [1.54, 1.807) is 18.2 Å². The third kappa shape index (κ3) is 3.69. The van der Waals surface area contributed by atoms with Gasteiger partial charge in [-0.2, -0.15) is 0 Å². The molecule has 5 heteroatoms. The van der Waals surface area contributed by atoms with Gasteiger partial charge in [0.25, 0.3) is 0 Å². The molecule has 0 aliphatic carbocycles. The van der Waals surface area contributed by atoms with Crippen LogP contribution in [-0.4, -0.2) is 11.2 Å². The van der Waals surface area contributed by atoms with E-state index in [0.717, 1.165) is 12.1 Å². The second-order valence-corrected chi connectivity index (χ2v) is 5.33. The van der Waals surface area contributed by atoms with Crippen LogP contribution in [0.4, 0.5) is 8.78 Å². The third-order valence-corrected chi connectivity index (χ3v) is 3.66. The van der Waals surface area contributed by atoms with Gasteiger partial charge >= 0.3 is 0 Å². The van der Waals surface area contributed by atoms with Gasteiger partial charge in [0, 0.05) is 16.5 Å². The van der Waals surface area contributed by atoms with E-state index < -0.39 is 17.7 Å². The minimum absolute atomic E-state index is 0.193. The number of halogens is 4. The fourth-order valence-corrected chi connectivity index (χ4v) is 2.53. The molecule has 2 aromatic rings. The van der Waals surface area contributed by atoms with E-state index in [4.69, 9.17) is 23.2 Å². The lowest BCUT2D eigenvalue weighted by molar-refractivity contribution is 0.175. The van der Waals surface area contributed by atoms with Crippen molar-refractivity contribution >= 4 is 23.2 Å². The van der Waals surface area contributed by atoms with E-state index in [2.05, 4.69) is 0 Å². The van der Waals surface area contributed by atoms with E-state index in [9.17, 15) is 13.9 Å². The Morgan fingerprint density at radius 3 is 2.20 bits per heavy atom. The van der Waals surface area contributed by atoms with E-state index in [0.29, 0.717) is 21.2 Å². The van der Waals surface area contributed by atoms with Crippen molar-refractivity contribution in [2.75, 3.05) is 0 Å². The Kier molecular flexibility index (Phi) is 4.97. The minimum Gasteiger partial charge on any atom is -0.392 e. The van der Waals surface area contributed by atoms with Crippen molar-refractivity contribution in [3.8, 4) is 0 Å². The van der Waals surface area contributed by atoms with Crippen LogP contribution in [0, 0.1) is 11.6 Å². The first-order valence-corrected chi connectivity index (χ1v) is 6.78. The first-order chi connectivity index (χ1) is 9.47. The predicted molar refractivity (Wildman–Crippen MR) is 76.2 cm³/mol. The number of benzene rings is 2. The van der Waals surface area contributed by atoms with Gasteiger partial charge in [-0.15, -0.1) is 0 Å². The number of rotatable bonds is 4. The molecular weight excluding hydrogens is 305 g/mol. The molecule has 0 radical (unpaired) electrons. The lowest BCUT2D eigenvalue weighted by Gasteiger charge is -2.13. The molecule has 0 heterocycles. The molecule has 0 fully saturated rings. The van der Waals surface area contributed by atoms with Gasteiger partial charge in [0.1, 0.15) is 0 Å². The molecule has 106 valence electrons. The summed E-state index contributed by atoms with van der Waals surface area (Å²) in [7, 11) is 0. The van der Waals surface area contributed by atoms with Gasteiger partial charge in [-0.25, -0.2) is 8.78 Å². The lowest BCUT2D eigenvalue weighted by Crippen LogP contribution is -2.14. The maximum absolute atomic E-state index is 13.1. The van der Waals surface area contributed by atoms with E-state index >= 15 is 0 Å². The average molecular weight is 317 g/mol. The molecule has 0 amide bonds. The molecule has 0 aliphatic heterocycles. The molecule has 2 aromatic carbocycles. The van der Waals surface area contributed by atoms with Gasteiger partial charge in [0.05, 0.1) is 6.10 Å². The van der Waals surface area contributed by atoms with E-state index in [-0.39, 0.29) is 12.8 Å². The van der Waals surface area contributed by atoms with Crippen LogP contribution in [0.25, 0.3) is 0 Å². The molecule has 0 spiro atoms. The summed E-state index contributed by atoms with van der Waals surface area (Å²) in [4.78, 5) is 0. The van der Waals surface area contributed by atoms with Crippen molar-refractivity contribution in [2.45, 2.75) is 18.9 Å². The Labute approximate surface area is 125 Å². The Balaban J connectivity index is 2.09. The Morgan fingerprint density at radius 2 is 1.60 bits per heavy atom. The Bertz CT molecular complexity index is 597. The van der Waals surface area contributed by atoms with Crippen molar-refractivity contribution in [3.05, 3.63) is 69.2 Å². The van der Waals surface area contributed by atoms with Crippen LogP contribution in [-0.2, 0) is 12.8 Å². The second kappa shape index (κ2) is 6.53. The van der Waals surface area contributed by atoms with Gasteiger partial charge in [-0.1, -0.05) is 35.3 Å². The smallest absolute Gasteiger partial charge is 0.159 e. The molecule has 0 aliphatic rings. The molecule has 1 nitrogen and oxygen atoms in total. The lowest BCUT2D eigenvalue weighted by atomic mass is 10.0. The van der Waals surface area contributed by atoms with Crippen molar-refractivity contribution in [3.63, 3.8) is 0 Å². The fraction of sp³-hybridized carbons (Fsp3) is 0.200. The van der Waals surface area contributed by atoms with Gasteiger partial charge in [-0.05, 0) is 41.8 Å². The van der Waals surface area contributed by atoms with Crippen LogP contribution < -0.4 is 0 Å². The topological polar surface area (TPSA) is 20.2 Å². The SMILES string of the molecule is OC(Cc1ccc(F)c(F)c1)Cc1c(Cl)cccc1Cl. The summed E-state index contributed by atoms with van der Waals surface area (Å²) in [5.74, 6) is -1.83. The van der Waals surface area contributed by atoms with Gasteiger partial charge < -0.3 is 5.11 Å². The van der Waals surface area contributed by atoms with Crippen molar-refractivity contribution in [1.82, 2.24) is 0 Å². The molecule has 0 saturated heterocycles. The normalized spacial score (nSPS) is 12.4. The molecule has 1 N–H and O–H groups in total. The molecular formula is C15H12Cl2F2O. The predicted octanol–water partition coefficient (Wildman–Crippen LogP) is 4.42. The third-order valence-electron chi connectivity index (χ3n) is 2.96. The maximum atomic E-state index is 13.1. The maximum Gasteiger partial charge on any atom is 0.159 e. The molecule has 0 bridgehead atoms. The summed E-state index contributed by atoms with van der Waals surface area (Å²) < 4.78 is 25.9. The largest absolute Gasteiger partial charge is 0.392 e. The zero-order valence-electron chi connectivity index (χ0n) is 10.4. The Hall–Kier alpha value is -1.16. The van der Waals surface area contributed by atoms with E-state index in [1.165, 1.54) is 6.07 Å². The highest BCUT2D eigenvalue weighted by atomic mass is 35.5. The molecule has 1 unspecified atom stereocenters. The quantitative estimate of drug-likeness (QED) is 0.885. The van der Waals surface area contributed by atoms with Crippen LogP contribution in [0.5, 0.6) is 0 Å². The highest BCUT2D eigenvalue weighted by molar-refractivity contribution is 6.35. The zero-order chi connectivity index (χ0) is 14.7. The highest BCUT2D eigenvalue weighted by Crippen LogP contribution is 2.26. The molecule has 20 heavy (non-hydrogen) atoms. The van der Waals surface area contributed by atoms with Crippen LogP contribution in [0.2, 0.25) is 10.0 Å². The van der Waals surface area contributed by atoms with Crippen LogP contribution in [0.15, 0.2) is 36.4 Å². The molecule has 0 aromatic heterocycles. The number of hydrogen-bond donors (Lipinski definition) is 1. The number of hydrogen-bond acceptors (Lipinski definition) is 1. The van der Waals surface area contributed by atoms with Gasteiger partial charge in [0.15, 0.2) is 11.6 Å². The number of aliphatic hydroxyl groups excluding tert-OH is 1. The summed E-state index contributed by atoms with van der Waals surface area (Å²) in [6, 6.07) is 8.65. The molecule has 0 saturated carbocycles. The van der Waals surface area contributed by atoms with Crippen LogP contribution in [0.3, 0.4) is 0 Å². The monoisotopic (exact) mass is 316 g/mol. The van der Waals surface area contributed by atoms with Crippen molar-refractivity contribution in [1.29, 1.82) is 0 Å². The summed E-state index contributed by atoms with van der Waals surface area (Å²) in [6.45, 7) is 0. The summed E-state index contributed by atoms with van der Waals surface area (Å²) >= 11 is 12.0. The van der Waals surface area contributed by atoms with Crippen molar-refractivity contribution < 1.29 is 13.9 Å². The minimum atomic E-state index is -0.925. The second-order valence-electron chi connectivity index (χ2n) is 4.51.